The van der Waals surface area contributed by atoms with Gasteiger partial charge in [-0.25, -0.2) is 4.39 Å². The molecule has 1 aromatic carbocycles. The van der Waals surface area contributed by atoms with Gasteiger partial charge in [0.1, 0.15) is 11.9 Å². The Labute approximate surface area is 110 Å². The topological polar surface area (TPSA) is 74.2 Å². The van der Waals surface area contributed by atoms with Crippen molar-refractivity contribution in [3.63, 3.8) is 0 Å². The third-order valence-electron chi connectivity index (χ3n) is 2.69. The lowest BCUT2D eigenvalue weighted by molar-refractivity contribution is 0.0518. The quantitative estimate of drug-likeness (QED) is 0.841. The standard InChI is InChI=1S/C13H16FN3O2/c1-3-11(18-4-2)12-16-13(19-17-12)9-6-5-8(15)7-10(9)14/h5-7,11H,3-4,15H2,1-2H3. The number of ether oxygens (including phenoxy) is 1. The van der Waals surface area contributed by atoms with E-state index in [9.17, 15) is 4.39 Å². The summed E-state index contributed by atoms with van der Waals surface area (Å²) in [6.45, 7) is 4.40. The average molecular weight is 265 g/mol. The summed E-state index contributed by atoms with van der Waals surface area (Å²) < 4.78 is 24.3. The minimum atomic E-state index is -0.486. The minimum absolute atomic E-state index is 0.130. The van der Waals surface area contributed by atoms with E-state index in [4.69, 9.17) is 15.0 Å². The summed E-state index contributed by atoms with van der Waals surface area (Å²) in [6.07, 6.45) is 0.483. The summed E-state index contributed by atoms with van der Waals surface area (Å²) in [5, 5.41) is 3.84. The van der Waals surface area contributed by atoms with Gasteiger partial charge in [-0.15, -0.1) is 0 Å². The first kappa shape index (κ1) is 13.5. The average Bonchev–Trinajstić information content (AvgIpc) is 2.85. The highest BCUT2D eigenvalue weighted by atomic mass is 19.1. The molecular weight excluding hydrogens is 249 g/mol. The van der Waals surface area contributed by atoms with Crippen LogP contribution in [0.3, 0.4) is 0 Å². The van der Waals surface area contributed by atoms with Gasteiger partial charge in [-0.05, 0) is 31.5 Å². The van der Waals surface area contributed by atoms with Crippen LogP contribution in [0.1, 0.15) is 32.2 Å². The van der Waals surface area contributed by atoms with Gasteiger partial charge in [0.05, 0.1) is 5.56 Å². The molecule has 0 spiro atoms. The van der Waals surface area contributed by atoms with Gasteiger partial charge < -0.3 is 15.0 Å². The van der Waals surface area contributed by atoms with E-state index in [1.807, 2.05) is 13.8 Å². The Morgan fingerprint density at radius 2 is 2.21 bits per heavy atom. The van der Waals surface area contributed by atoms with Gasteiger partial charge in [0.25, 0.3) is 5.89 Å². The van der Waals surface area contributed by atoms with E-state index in [1.165, 1.54) is 12.1 Å². The Bertz CT molecular complexity index is 557. The molecule has 6 heteroatoms. The highest BCUT2D eigenvalue weighted by Gasteiger charge is 2.19. The fraction of sp³-hybridized carbons (Fsp3) is 0.385. The van der Waals surface area contributed by atoms with Crippen molar-refractivity contribution in [2.24, 2.45) is 0 Å². The number of hydrogen-bond acceptors (Lipinski definition) is 5. The monoisotopic (exact) mass is 265 g/mol. The summed E-state index contributed by atoms with van der Waals surface area (Å²) in [4.78, 5) is 4.18. The molecule has 2 N–H and O–H groups in total. The van der Waals surface area contributed by atoms with Crippen LogP contribution < -0.4 is 5.73 Å². The van der Waals surface area contributed by atoms with E-state index < -0.39 is 5.82 Å². The van der Waals surface area contributed by atoms with E-state index in [1.54, 1.807) is 6.07 Å². The third kappa shape index (κ3) is 2.90. The number of benzene rings is 1. The summed E-state index contributed by atoms with van der Waals surface area (Å²) in [5.41, 5.74) is 6.08. The number of nitrogen functional groups attached to an aromatic ring is 1. The number of aromatic nitrogens is 2. The number of rotatable bonds is 5. The molecule has 1 aromatic heterocycles. The number of nitrogens with zero attached hydrogens (tertiary/aromatic N) is 2. The molecule has 1 heterocycles. The summed E-state index contributed by atoms with van der Waals surface area (Å²) >= 11 is 0. The lowest BCUT2D eigenvalue weighted by Gasteiger charge is -2.09. The molecule has 0 saturated carbocycles. The zero-order chi connectivity index (χ0) is 13.8. The maximum Gasteiger partial charge on any atom is 0.260 e. The highest BCUT2D eigenvalue weighted by molar-refractivity contribution is 5.58. The van der Waals surface area contributed by atoms with Crippen LogP contribution in [0.4, 0.5) is 10.1 Å². The van der Waals surface area contributed by atoms with Gasteiger partial charge in [-0.3, -0.25) is 0 Å². The van der Waals surface area contributed by atoms with Gasteiger partial charge >= 0.3 is 0 Å². The highest BCUT2D eigenvalue weighted by Crippen LogP contribution is 2.25. The van der Waals surface area contributed by atoms with Gasteiger partial charge in [0.2, 0.25) is 5.82 Å². The molecule has 0 aliphatic heterocycles. The van der Waals surface area contributed by atoms with Crippen molar-refractivity contribution in [1.29, 1.82) is 0 Å². The second-order valence-corrected chi connectivity index (χ2v) is 4.05. The molecule has 102 valence electrons. The van der Waals surface area contributed by atoms with E-state index in [2.05, 4.69) is 10.1 Å². The van der Waals surface area contributed by atoms with Crippen LogP contribution in [0.25, 0.3) is 11.5 Å². The first-order chi connectivity index (χ1) is 9.15. The van der Waals surface area contributed by atoms with Gasteiger partial charge in [-0.1, -0.05) is 12.1 Å². The molecular formula is C13H16FN3O2. The van der Waals surface area contributed by atoms with Crippen LogP contribution in [0.5, 0.6) is 0 Å². The lowest BCUT2D eigenvalue weighted by atomic mass is 10.2. The number of halogens is 1. The van der Waals surface area contributed by atoms with Gasteiger partial charge in [-0.2, -0.15) is 4.98 Å². The number of nitrogens with two attached hydrogens (primary N) is 1. The molecule has 0 bridgehead atoms. The van der Waals surface area contributed by atoms with Crippen molar-refractivity contribution in [3.05, 3.63) is 29.8 Å². The van der Waals surface area contributed by atoms with Crippen LogP contribution in [0.15, 0.2) is 22.7 Å². The van der Waals surface area contributed by atoms with Crippen LogP contribution in [0, 0.1) is 5.82 Å². The maximum absolute atomic E-state index is 13.7. The van der Waals surface area contributed by atoms with Crippen molar-refractivity contribution in [2.75, 3.05) is 12.3 Å². The fourth-order valence-corrected chi connectivity index (χ4v) is 1.76. The second kappa shape index (κ2) is 5.79. The zero-order valence-corrected chi connectivity index (χ0v) is 10.9. The largest absolute Gasteiger partial charge is 0.399 e. The Kier molecular flexibility index (Phi) is 4.11. The molecule has 0 amide bonds. The summed E-state index contributed by atoms with van der Waals surface area (Å²) in [6, 6.07) is 4.32. The SMILES string of the molecule is CCOC(CC)c1noc(-c2ccc(N)cc2F)n1. The Morgan fingerprint density at radius 3 is 2.84 bits per heavy atom. The van der Waals surface area contributed by atoms with Crippen LogP contribution in [-0.4, -0.2) is 16.7 Å². The van der Waals surface area contributed by atoms with E-state index in [0.717, 1.165) is 6.42 Å². The predicted molar refractivity (Wildman–Crippen MR) is 68.8 cm³/mol. The molecule has 19 heavy (non-hydrogen) atoms. The van der Waals surface area contributed by atoms with E-state index in [0.29, 0.717) is 18.1 Å². The molecule has 0 saturated heterocycles. The molecule has 1 atom stereocenters. The minimum Gasteiger partial charge on any atom is -0.399 e. The summed E-state index contributed by atoms with van der Waals surface area (Å²) in [7, 11) is 0. The van der Waals surface area contributed by atoms with Crippen molar-refractivity contribution in [1.82, 2.24) is 10.1 Å². The van der Waals surface area contributed by atoms with E-state index >= 15 is 0 Å². The lowest BCUT2D eigenvalue weighted by Crippen LogP contribution is -2.04. The predicted octanol–water partition coefficient (Wildman–Crippen LogP) is 2.95. The van der Waals surface area contributed by atoms with Crippen molar-refractivity contribution in [3.8, 4) is 11.5 Å². The van der Waals surface area contributed by atoms with Crippen LogP contribution >= 0.6 is 0 Å². The second-order valence-electron chi connectivity index (χ2n) is 4.05. The Balaban J connectivity index is 2.29. The zero-order valence-electron chi connectivity index (χ0n) is 10.9. The molecule has 0 radical (unpaired) electrons. The fourth-order valence-electron chi connectivity index (χ4n) is 1.76. The third-order valence-corrected chi connectivity index (χ3v) is 2.69. The van der Waals surface area contributed by atoms with Crippen molar-refractivity contribution >= 4 is 5.69 Å². The molecule has 5 nitrogen and oxygen atoms in total. The molecule has 2 rings (SSSR count). The van der Waals surface area contributed by atoms with Crippen molar-refractivity contribution in [2.45, 2.75) is 26.4 Å². The number of anilines is 1. The Morgan fingerprint density at radius 1 is 1.42 bits per heavy atom. The van der Waals surface area contributed by atoms with E-state index in [-0.39, 0.29) is 17.6 Å². The first-order valence-electron chi connectivity index (χ1n) is 6.16. The molecule has 0 aliphatic carbocycles. The van der Waals surface area contributed by atoms with Crippen molar-refractivity contribution < 1.29 is 13.7 Å². The normalized spacial score (nSPS) is 12.6. The van der Waals surface area contributed by atoms with Gasteiger partial charge in [0.15, 0.2) is 0 Å². The molecule has 2 aromatic rings. The first-order valence-corrected chi connectivity index (χ1v) is 6.16. The molecule has 1 unspecified atom stereocenters. The smallest absolute Gasteiger partial charge is 0.260 e. The van der Waals surface area contributed by atoms with Gasteiger partial charge in [0, 0.05) is 12.3 Å². The molecule has 0 aliphatic rings. The van der Waals surface area contributed by atoms with Crippen LogP contribution in [-0.2, 0) is 4.74 Å². The van der Waals surface area contributed by atoms with Crippen LogP contribution in [0.2, 0.25) is 0 Å². The maximum atomic E-state index is 13.7. The molecule has 0 fully saturated rings. The summed E-state index contributed by atoms with van der Waals surface area (Å²) in [5.74, 6) is 0.0703. The Hall–Kier alpha value is -1.95. The number of hydrogen-bond donors (Lipinski definition) is 1.